The van der Waals surface area contributed by atoms with Crippen LogP contribution in [0.3, 0.4) is 0 Å². The Labute approximate surface area is 78.5 Å². The maximum Gasteiger partial charge on any atom is 0.166 e. The summed E-state index contributed by atoms with van der Waals surface area (Å²) in [4.78, 5) is 3.73. The molecule has 0 bridgehead atoms. The molecule has 0 aliphatic carbocycles. The molecule has 1 heterocycles. The van der Waals surface area contributed by atoms with Gasteiger partial charge in [0.2, 0.25) is 0 Å². The fourth-order valence-electron chi connectivity index (χ4n) is 0.577. The molecule has 0 saturated carbocycles. The highest BCUT2D eigenvalue weighted by atomic mass is 79.9. The van der Waals surface area contributed by atoms with Crippen LogP contribution in [0.5, 0.6) is 0 Å². The van der Waals surface area contributed by atoms with Gasteiger partial charge in [0.25, 0.3) is 0 Å². The standard InChI is InChI=1S/C6H6BrFN2.ClH/c1-3-4(7)2-5(8)6(9)10-3;/h2H,1H3,(H2,9,10);1H. The van der Waals surface area contributed by atoms with Gasteiger partial charge in [0.05, 0.1) is 5.69 Å². The number of rotatable bonds is 0. The van der Waals surface area contributed by atoms with E-state index in [4.69, 9.17) is 5.73 Å². The van der Waals surface area contributed by atoms with E-state index in [0.29, 0.717) is 10.2 Å². The van der Waals surface area contributed by atoms with E-state index in [2.05, 4.69) is 20.9 Å². The second kappa shape index (κ2) is 3.88. The average Bonchev–Trinajstić information content (AvgIpc) is 1.84. The van der Waals surface area contributed by atoms with Crippen molar-refractivity contribution < 1.29 is 4.39 Å². The lowest BCUT2D eigenvalue weighted by Gasteiger charge is -1.98. The first-order valence-corrected chi connectivity index (χ1v) is 3.48. The highest BCUT2D eigenvalue weighted by molar-refractivity contribution is 9.10. The van der Waals surface area contributed by atoms with Crippen molar-refractivity contribution in [3.8, 4) is 0 Å². The number of anilines is 1. The van der Waals surface area contributed by atoms with Crippen LogP contribution in [-0.2, 0) is 0 Å². The number of halogens is 3. The summed E-state index contributed by atoms with van der Waals surface area (Å²) in [6, 6.07) is 1.30. The minimum Gasteiger partial charge on any atom is -0.381 e. The summed E-state index contributed by atoms with van der Waals surface area (Å²) >= 11 is 3.12. The van der Waals surface area contributed by atoms with Crippen molar-refractivity contribution in [2.24, 2.45) is 0 Å². The van der Waals surface area contributed by atoms with E-state index in [1.165, 1.54) is 6.07 Å². The second-order valence-corrected chi connectivity index (χ2v) is 2.78. The monoisotopic (exact) mass is 240 g/mol. The average molecular weight is 241 g/mol. The van der Waals surface area contributed by atoms with Crippen molar-refractivity contribution in [1.29, 1.82) is 0 Å². The predicted octanol–water partition coefficient (Wildman–Crippen LogP) is 2.30. The first kappa shape index (κ1) is 10.7. The molecule has 1 aromatic heterocycles. The zero-order valence-corrected chi connectivity index (χ0v) is 8.17. The van der Waals surface area contributed by atoms with Crippen LogP contribution in [0.4, 0.5) is 10.2 Å². The van der Waals surface area contributed by atoms with Crippen LogP contribution in [0.25, 0.3) is 0 Å². The van der Waals surface area contributed by atoms with Crippen LogP contribution < -0.4 is 5.73 Å². The third-order valence-corrected chi connectivity index (χ3v) is 1.93. The smallest absolute Gasteiger partial charge is 0.166 e. The lowest BCUT2D eigenvalue weighted by Crippen LogP contribution is -1.96. The molecule has 0 aliphatic heterocycles. The SMILES string of the molecule is Cc1nc(N)c(F)cc1Br.Cl. The zero-order chi connectivity index (χ0) is 7.72. The Kier molecular flexibility index (Phi) is 3.75. The van der Waals surface area contributed by atoms with E-state index < -0.39 is 5.82 Å². The van der Waals surface area contributed by atoms with E-state index in [1.807, 2.05) is 0 Å². The zero-order valence-electron chi connectivity index (χ0n) is 5.77. The van der Waals surface area contributed by atoms with E-state index in [-0.39, 0.29) is 18.2 Å². The van der Waals surface area contributed by atoms with Crippen molar-refractivity contribution in [2.75, 3.05) is 5.73 Å². The van der Waals surface area contributed by atoms with Gasteiger partial charge in [0.15, 0.2) is 11.6 Å². The topological polar surface area (TPSA) is 38.9 Å². The summed E-state index contributed by atoms with van der Waals surface area (Å²) in [5.41, 5.74) is 5.88. The first-order chi connectivity index (χ1) is 4.61. The van der Waals surface area contributed by atoms with E-state index >= 15 is 0 Å². The highest BCUT2D eigenvalue weighted by Gasteiger charge is 2.02. The molecule has 0 aliphatic rings. The highest BCUT2D eigenvalue weighted by Crippen LogP contribution is 2.17. The Bertz CT molecular complexity index is 217. The molecular formula is C6H7BrClFN2. The number of hydrogen-bond acceptors (Lipinski definition) is 2. The largest absolute Gasteiger partial charge is 0.381 e. The lowest BCUT2D eigenvalue weighted by atomic mass is 10.3. The number of aromatic nitrogens is 1. The number of aryl methyl sites for hydroxylation is 1. The summed E-state index contributed by atoms with van der Waals surface area (Å²) in [5, 5.41) is 0. The molecule has 2 N–H and O–H groups in total. The number of pyridine rings is 1. The first-order valence-electron chi connectivity index (χ1n) is 2.69. The second-order valence-electron chi connectivity index (χ2n) is 1.92. The van der Waals surface area contributed by atoms with Gasteiger partial charge in [-0.05, 0) is 28.9 Å². The predicted molar refractivity (Wildman–Crippen MR) is 48.3 cm³/mol. The van der Waals surface area contributed by atoms with E-state index in [1.54, 1.807) is 6.92 Å². The van der Waals surface area contributed by atoms with Gasteiger partial charge in [0, 0.05) is 4.47 Å². The van der Waals surface area contributed by atoms with Gasteiger partial charge in [0.1, 0.15) is 0 Å². The Hall–Kier alpha value is -0.350. The summed E-state index contributed by atoms with van der Waals surface area (Å²) in [6.07, 6.45) is 0. The molecule has 11 heavy (non-hydrogen) atoms. The molecule has 5 heteroatoms. The number of nitrogen functional groups attached to an aromatic ring is 1. The van der Waals surface area contributed by atoms with Crippen molar-refractivity contribution in [3.05, 3.63) is 22.1 Å². The molecule has 0 saturated heterocycles. The molecule has 62 valence electrons. The fraction of sp³-hybridized carbons (Fsp3) is 0.167. The van der Waals surface area contributed by atoms with Gasteiger partial charge in [-0.2, -0.15) is 0 Å². The fourth-order valence-corrected chi connectivity index (χ4v) is 0.867. The van der Waals surface area contributed by atoms with Gasteiger partial charge in [-0.15, -0.1) is 12.4 Å². The van der Waals surface area contributed by atoms with Crippen LogP contribution in [0.2, 0.25) is 0 Å². The van der Waals surface area contributed by atoms with Crippen molar-refractivity contribution in [2.45, 2.75) is 6.92 Å². The Morgan fingerprint density at radius 1 is 1.64 bits per heavy atom. The molecule has 2 nitrogen and oxygen atoms in total. The number of nitrogens with zero attached hydrogens (tertiary/aromatic N) is 1. The van der Waals surface area contributed by atoms with Crippen molar-refractivity contribution in [3.63, 3.8) is 0 Å². The molecule has 0 amide bonds. The Morgan fingerprint density at radius 2 is 2.18 bits per heavy atom. The summed E-state index contributed by atoms with van der Waals surface area (Å²) < 4.78 is 13.2. The van der Waals surface area contributed by atoms with Crippen LogP contribution >= 0.6 is 28.3 Å². The van der Waals surface area contributed by atoms with Crippen LogP contribution in [0, 0.1) is 12.7 Å². The molecule has 1 aromatic rings. The normalized spacial score (nSPS) is 9.00. The molecule has 0 fully saturated rings. The molecule has 0 unspecified atom stereocenters. The maximum absolute atomic E-state index is 12.5. The van der Waals surface area contributed by atoms with Gasteiger partial charge < -0.3 is 5.73 Å². The third-order valence-electron chi connectivity index (χ3n) is 1.13. The number of nitrogens with two attached hydrogens (primary N) is 1. The van der Waals surface area contributed by atoms with E-state index in [0.717, 1.165) is 0 Å². The molecule has 0 atom stereocenters. The summed E-state index contributed by atoms with van der Waals surface area (Å²) in [7, 11) is 0. The molecule has 0 aromatic carbocycles. The maximum atomic E-state index is 12.5. The summed E-state index contributed by atoms with van der Waals surface area (Å²) in [5.74, 6) is -0.543. The van der Waals surface area contributed by atoms with Gasteiger partial charge in [-0.25, -0.2) is 9.37 Å². The van der Waals surface area contributed by atoms with Crippen molar-refractivity contribution in [1.82, 2.24) is 4.98 Å². The number of hydrogen-bond donors (Lipinski definition) is 1. The van der Waals surface area contributed by atoms with Crippen molar-refractivity contribution >= 4 is 34.2 Å². The minimum absolute atomic E-state index is 0. The van der Waals surface area contributed by atoms with Gasteiger partial charge in [-0.1, -0.05) is 0 Å². The molecule has 1 rings (SSSR count). The van der Waals surface area contributed by atoms with Crippen LogP contribution in [0.15, 0.2) is 10.5 Å². The lowest BCUT2D eigenvalue weighted by molar-refractivity contribution is 0.625. The van der Waals surface area contributed by atoms with Gasteiger partial charge >= 0.3 is 0 Å². The molecular weight excluding hydrogens is 234 g/mol. The van der Waals surface area contributed by atoms with Crippen LogP contribution in [0.1, 0.15) is 5.69 Å². The Balaban J connectivity index is 0.000001000. The minimum atomic E-state index is -0.488. The third kappa shape index (κ3) is 2.31. The molecule has 0 radical (unpaired) electrons. The molecule has 0 spiro atoms. The Morgan fingerprint density at radius 3 is 2.64 bits per heavy atom. The summed E-state index contributed by atoms with van der Waals surface area (Å²) in [6.45, 7) is 1.75. The van der Waals surface area contributed by atoms with E-state index in [9.17, 15) is 4.39 Å². The van der Waals surface area contributed by atoms with Crippen LogP contribution in [-0.4, -0.2) is 4.98 Å². The quantitative estimate of drug-likeness (QED) is 0.757. The van der Waals surface area contributed by atoms with Gasteiger partial charge in [-0.3, -0.25) is 0 Å².